The Labute approximate surface area is 88.7 Å². The molecule has 0 radical (unpaired) electrons. The van der Waals surface area contributed by atoms with E-state index in [-0.39, 0.29) is 5.92 Å². The summed E-state index contributed by atoms with van der Waals surface area (Å²) in [5, 5.41) is 10.3. The van der Waals surface area contributed by atoms with Gasteiger partial charge in [-0.3, -0.25) is 0 Å². The molecule has 1 aromatic carbocycles. The minimum Gasteiger partial charge on any atom is -0.385 e. The maximum Gasteiger partial charge on any atom is 0.241 e. The molecular formula is C12H16F2O. The van der Waals surface area contributed by atoms with Gasteiger partial charge in [-0.25, -0.2) is 8.78 Å². The second kappa shape index (κ2) is 4.71. The van der Waals surface area contributed by atoms with Crippen LogP contribution in [-0.2, 0) is 5.60 Å². The van der Waals surface area contributed by atoms with Crippen molar-refractivity contribution in [3.05, 3.63) is 35.9 Å². The van der Waals surface area contributed by atoms with Gasteiger partial charge in [0.1, 0.15) is 0 Å². The highest BCUT2D eigenvalue weighted by Crippen LogP contribution is 2.34. The van der Waals surface area contributed by atoms with E-state index in [0.29, 0.717) is 5.56 Å². The molecule has 0 spiro atoms. The average molecular weight is 214 g/mol. The summed E-state index contributed by atoms with van der Waals surface area (Å²) < 4.78 is 24.8. The Morgan fingerprint density at radius 1 is 1.20 bits per heavy atom. The highest BCUT2D eigenvalue weighted by Gasteiger charge is 2.35. The van der Waals surface area contributed by atoms with E-state index in [2.05, 4.69) is 0 Å². The predicted octanol–water partition coefficient (Wildman–Crippen LogP) is 3.19. The number of aliphatic hydroxyl groups is 1. The van der Waals surface area contributed by atoms with Crippen molar-refractivity contribution in [1.29, 1.82) is 0 Å². The number of hydrogen-bond acceptors (Lipinski definition) is 1. The molecule has 84 valence electrons. The highest BCUT2D eigenvalue weighted by molar-refractivity contribution is 5.23. The van der Waals surface area contributed by atoms with Gasteiger partial charge in [0.25, 0.3) is 0 Å². The molecule has 1 rings (SSSR count). The summed E-state index contributed by atoms with van der Waals surface area (Å²) in [6.45, 7) is 3.49. The van der Waals surface area contributed by atoms with Gasteiger partial charge in [-0.2, -0.15) is 0 Å². The van der Waals surface area contributed by atoms with Crippen LogP contribution in [0.1, 0.15) is 25.8 Å². The van der Waals surface area contributed by atoms with E-state index >= 15 is 0 Å². The molecule has 0 aliphatic carbocycles. The second-order valence-corrected chi connectivity index (χ2v) is 4.04. The monoisotopic (exact) mass is 214 g/mol. The summed E-state index contributed by atoms with van der Waals surface area (Å²) in [5.74, 6) is -0.242. The molecule has 0 fully saturated rings. The van der Waals surface area contributed by atoms with Gasteiger partial charge in [-0.05, 0) is 11.5 Å². The maximum atomic E-state index is 12.4. The standard InChI is InChI=1S/C12H16F2O/c1-9(2)12(15,8-11(13)14)10-6-4-3-5-7-10/h3-7,9,11,15H,8H2,1-2H3. The molecule has 15 heavy (non-hydrogen) atoms. The third kappa shape index (κ3) is 2.75. The topological polar surface area (TPSA) is 20.2 Å². The first-order valence-corrected chi connectivity index (χ1v) is 5.03. The quantitative estimate of drug-likeness (QED) is 0.816. The van der Waals surface area contributed by atoms with E-state index in [1.807, 2.05) is 0 Å². The van der Waals surface area contributed by atoms with Gasteiger partial charge in [0.05, 0.1) is 5.60 Å². The van der Waals surface area contributed by atoms with Crippen molar-refractivity contribution in [2.45, 2.75) is 32.3 Å². The van der Waals surface area contributed by atoms with Crippen LogP contribution < -0.4 is 0 Å². The lowest BCUT2D eigenvalue weighted by Crippen LogP contribution is -2.34. The van der Waals surface area contributed by atoms with E-state index in [4.69, 9.17) is 0 Å². The van der Waals surface area contributed by atoms with Gasteiger partial charge in [-0.1, -0.05) is 44.2 Å². The Balaban J connectivity index is 3.02. The number of rotatable bonds is 4. The van der Waals surface area contributed by atoms with Crippen LogP contribution in [0.25, 0.3) is 0 Å². The van der Waals surface area contributed by atoms with Gasteiger partial charge in [0.15, 0.2) is 0 Å². The summed E-state index contributed by atoms with van der Waals surface area (Å²) in [6, 6.07) is 8.65. The lowest BCUT2D eigenvalue weighted by molar-refractivity contribution is -0.0605. The molecule has 1 nitrogen and oxygen atoms in total. The minimum absolute atomic E-state index is 0.242. The van der Waals surface area contributed by atoms with Gasteiger partial charge in [-0.15, -0.1) is 0 Å². The fourth-order valence-corrected chi connectivity index (χ4v) is 1.65. The first-order chi connectivity index (χ1) is 6.97. The maximum absolute atomic E-state index is 12.4. The summed E-state index contributed by atoms with van der Waals surface area (Å²) in [6.07, 6.45) is -3.02. The van der Waals surface area contributed by atoms with Gasteiger partial charge >= 0.3 is 0 Å². The van der Waals surface area contributed by atoms with E-state index in [0.717, 1.165) is 0 Å². The summed E-state index contributed by atoms with van der Waals surface area (Å²) in [7, 11) is 0. The van der Waals surface area contributed by atoms with Crippen molar-refractivity contribution in [3.8, 4) is 0 Å². The molecule has 0 heterocycles. The van der Waals surface area contributed by atoms with Crippen molar-refractivity contribution in [3.63, 3.8) is 0 Å². The van der Waals surface area contributed by atoms with E-state index in [9.17, 15) is 13.9 Å². The van der Waals surface area contributed by atoms with Crippen molar-refractivity contribution in [2.75, 3.05) is 0 Å². The average Bonchev–Trinajstić information content (AvgIpc) is 2.17. The molecule has 0 aliphatic heterocycles. The SMILES string of the molecule is CC(C)C(O)(CC(F)F)c1ccccc1. The van der Waals surface area contributed by atoms with Crippen LogP contribution in [0.2, 0.25) is 0 Å². The molecule has 0 saturated carbocycles. The fourth-order valence-electron chi connectivity index (χ4n) is 1.65. The first kappa shape index (κ1) is 12.1. The molecule has 0 saturated heterocycles. The molecule has 3 heteroatoms. The van der Waals surface area contributed by atoms with Crippen LogP contribution in [-0.4, -0.2) is 11.5 Å². The predicted molar refractivity (Wildman–Crippen MR) is 55.8 cm³/mol. The Kier molecular flexibility index (Phi) is 3.80. The van der Waals surface area contributed by atoms with Crippen molar-refractivity contribution >= 4 is 0 Å². The molecule has 1 N–H and O–H groups in total. The molecule has 1 aromatic rings. The second-order valence-electron chi connectivity index (χ2n) is 4.04. The zero-order chi connectivity index (χ0) is 11.5. The first-order valence-electron chi connectivity index (χ1n) is 5.03. The third-order valence-corrected chi connectivity index (χ3v) is 2.69. The molecule has 0 aromatic heterocycles. The zero-order valence-electron chi connectivity index (χ0n) is 8.95. The van der Waals surface area contributed by atoms with Gasteiger partial charge in [0, 0.05) is 6.42 Å². The number of hydrogen-bond donors (Lipinski definition) is 1. The summed E-state index contributed by atoms with van der Waals surface area (Å²) in [5.41, 5.74) is -0.879. The van der Waals surface area contributed by atoms with Crippen LogP contribution in [0.5, 0.6) is 0 Å². The van der Waals surface area contributed by atoms with Crippen molar-refractivity contribution in [1.82, 2.24) is 0 Å². The Morgan fingerprint density at radius 2 is 1.73 bits per heavy atom. The molecule has 0 bridgehead atoms. The molecule has 1 atom stereocenters. The van der Waals surface area contributed by atoms with Crippen LogP contribution in [0, 0.1) is 5.92 Å². The number of alkyl halides is 2. The Hall–Kier alpha value is -0.960. The van der Waals surface area contributed by atoms with E-state index < -0.39 is 18.4 Å². The van der Waals surface area contributed by atoms with Gasteiger partial charge < -0.3 is 5.11 Å². The number of benzene rings is 1. The van der Waals surface area contributed by atoms with Gasteiger partial charge in [0.2, 0.25) is 6.43 Å². The zero-order valence-corrected chi connectivity index (χ0v) is 8.95. The van der Waals surface area contributed by atoms with E-state index in [1.165, 1.54) is 0 Å². The molecule has 0 aliphatic rings. The Bertz CT molecular complexity index is 298. The molecular weight excluding hydrogens is 198 g/mol. The smallest absolute Gasteiger partial charge is 0.241 e. The summed E-state index contributed by atoms with van der Waals surface area (Å²) >= 11 is 0. The third-order valence-electron chi connectivity index (χ3n) is 2.69. The number of halogens is 2. The lowest BCUT2D eigenvalue weighted by Gasteiger charge is -2.32. The van der Waals surface area contributed by atoms with Crippen LogP contribution in [0.15, 0.2) is 30.3 Å². The summed E-state index contributed by atoms with van der Waals surface area (Å²) in [4.78, 5) is 0. The van der Waals surface area contributed by atoms with E-state index in [1.54, 1.807) is 44.2 Å². The van der Waals surface area contributed by atoms with Crippen LogP contribution in [0.4, 0.5) is 8.78 Å². The van der Waals surface area contributed by atoms with Crippen LogP contribution >= 0.6 is 0 Å². The lowest BCUT2D eigenvalue weighted by atomic mass is 9.81. The largest absolute Gasteiger partial charge is 0.385 e. The molecule has 1 unspecified atom stereocenters. The minimum atomic E-state index is -2.50. The normalized spacial score (nSPS) is 15.7. The Morgan fingerprint density at radius 3 is 2.13 bits per heavy atom. The fraction of sp³-hybridized carbons (Fsp3) is 0.500. The van der Waals surface area contributed by atoms with Crippen molar-refractivity contribution in [2.24, 2.45) is 5.92 Å². The van der Waals surface area contributed by atoms with Crippen molar-refractivity contribution < 1.29 is 13.9 Å². The van der Waals surface area contributed by atoms with Crippen LogP contribution in [0.3, 0.4) is 0 Å². The molecule has 0 amide bonds. The highest BCUT2D eigenvalue weighted by atomic mass is 19.3.